The lowest BCUT2D eigenvalue weighted by Crippen LogP contribution is -1.84. The van der Waals surface area contributed by atoms with E-state index < -0.39 is 0 Å². The van der Waals surface area contributed by atoms with Gasteiger partial charge in [-0.05, 0) is 35.9 Å². The lowest BCUT2D eigenvalue weighted by molar-refractivity contribution is 0.415. The van der Waals surface area contributed by atoms with Crippen LogP contribution in [0.3, 0.4) is 0 Å². The zero-order valence-corrected chi connectivity index (χ0v) is 9.34. The summed E-state index contributed by atoms with van der Waals surface area (Å²) in [7, 11) is 1.60. The van der Waals surface area contributed by atoms with Crippen molar-refractivity contribution in [2.75, 3.05) is 7.11 Å². The van der Waals surface area contributed by atoms with E-state index in [4.69, 9.17) is 10.00 Å². The van der Waals surface area contributed by atoms with Crippen LogP contribution in [0.2, 0.25) is 0 Å². The Kier molecular flexibility index (Phi) is 2.97. The summed E-state index contributed by atoms with van der Waals surface area (Å²) in [6.07, 6.45) is 0. The highest BCUT2D eigenvalue weighted by molar-refractivity contribution is 5.72. The summed E-state index contributed by atoms with van der Waals surface area (Å²) < 4.78 is 5.07. The van der Waals surface area contributed by atoms with E-state index in [0.29, 0.717) is 11.1 Å². The largest absolute Gasteiger partial charge is 0.507 e. The molecule has 3 nitrogen and oxygen atoms in total. The van der Waals surface area contributed by atoms with Gasteiger partial charge in [0.25, 0.3) is 0 Å². The van der Waals surface area contributed by atoms with Crippen molar-refractivity contribution in [2.45, 2.75) is 0 Å². The Morgan fingerprint density at radius 2 is 1.82 bits per heavy atom. The van der Waals surface area contributed by atoms with Crippen molar-refractivity contribution in [3.05, 3.63) is 48.0 Å². The number of hydrogen-bond donors (Lipinski definition) is 1. The van der Waals surface area contributed by atoms with Gasteiger partial charge in [0, 0.05) is 5.56 Å². The third-order valence-corrected chi connectivity index (χ3v) is 2.53. The van der Waals surface area contributed by atoms with E-state index in [-0.39, 0.29) is 5.75 Å². The van der Waals surface area contributed by atoms with Crippen LogP contribution < -0.4 is 4.74 Å². The molecule has 2 aromatic carbocycles. The molecule has 1 N–H and O–H groups in total. The van der Waals surface area contributed by atoms with Crippen molar-refractivity contribution >= 4 is 0 Å². The van der Waals surface area contributed by atoms with E-state index >= 15 is 0 Å². The molecule has 0 atom stereocenters. The number of rotatable bonds is 2. The average molecular weight is 225 g/mol. The van der Waals surface area contributed by atoms with E-state index in [1.54, 1.807) is 19.2 Å². The van der Waals surface area contributed by atoms with Gasteiger partial charge in [0.2, 0.25) is 0 Å². The van der Waals surface area contributed by atoms with Crippen LogP contribution >= 0.6 is 0 Å². The molecule has 0 aliphatic rings. The zero-order valence-electron chi connectivity index (χ0n) is 9.34. The molecule has 0 bridgehead atoms. The summed E-state index contributed by atoms with van der Waals surface area (Å²) in [5.74, 6) is 0.916. The lowest BCUT2D eigenvalue weighted by atomic mass is 10.0. The quantitative estimate of drug-likeness (QED) is 0.854. The fraction of sp³-hybridized carbons (Fsp3) is 0.0714. The highest BCUT2D eigenvalue weighted by Gasteiger charge is 2.05. The van der Waals surface area contributed by atoms with E-state index in [0.717, 1.165) is 11.3 Å². The minimum Gasteiger partial charge on any atom is -0.507 e. The number of phenols is 1. The molecule has 0 saturated carbocycles. The second-order valence-electron chi connectivity index (χ2n) is 3.57. The number of hydrogen-bond acceptors (Lipinski definition) is 3. The van der Waals surface area contributed by atoms with Crippen molar-refractivity contribution in [3.8, 4) is 28.7 Å². The molecule has 0 amide bonds. The van der Waals surface area contributed by atoms with Crippen LogP contribution in [0.5, 0.6) is 11.5 Å². The molecule has 17 heavy (non-hydrogen) atoms. The topological polar surface area (TPSA) is 53.2 Å². The lowest BCUT2D eigenvalue weighted by Gasteiger charge is -2.06. The van der Waals surface area contributed by atoms with Crippen molar-refractivity contribution in [1.82, 2.24) is 0 Å². The van der Waals surface area contributed by atoms with Crippen LogP contribution in [-0.2, 0) is 0 Å². The molecule has 0 aromatic heterocycles. The molecular weight excluding hydrogens is 214 g/mol. The third kappa shape index (κ3) is 2.21. The molecule has 0 unspecified atom stereocenters. The van der Waals surface area contributed by atoms with Gasteiger partial charge in [0.15, 0.2) is 0 Å². The van der Waals surface area contributed by atoms with Gasteiger partial charge in [-0.3, -0.25) is 0 Å². The summed E-state index contributed by atoms with van der Waals surface area (Å²) in [5, 5.41) is 18.6. The van der Waals surface area contributed by atoms with Crippen molar-refractivity contribution < 1.29 is 9.84 Å². The maximum atomic E-state index is 9.77. The SMILES string of the molecule is COc1ccc(-c2cc(C#N)ccc2O)cc1. The van der Waals surface area contributed by atoms with Crippen LogP contribution in [0.25, 0.3) is 11.1 Å². The van der Waals surface area contributed by atoms with Gasteiger partial charge in [-0.1, -0.05) is 12.1 Å². The normalized spacial score (nSPS) is 9.65. The average Bonchev–Trinajstić information content (AvgIpc) is 2.39. The van der Waals surface area contributed by atoms with Gasteiger partial charge >= 0.3 is 0 Å². The van der Waals surface area contributed by atoms with Crippen LogP contribution in [0.15, 0.2) is 42.5 Å². The Balaban J connectivity index is 2.48. The molecular formula is C14H11NO2. The molecule has 0 radical (unpaired) electrons. The molecule has 0 fully saturated rings. The van der Waals surface area contributed by atoms with E-state index in [1.807, 2.05) is 24.3 Å². The molecule has 0 aliphatic carbocycles. The first-order valence-corrected chi connectivity index (χ1v) is 5.12. The first-order chi connectivity index (χ1) is 8.24. The summed E-state index contributed by atoms with van der Waals surface area (Å²) in [5.41, 5.74) is 2.01. The smallest absolute Gasteiger partial charge is 0.123 e. The third-order valence-electron chi connectivity index (χ3n) is 2.53. The maximum Gasteiger partial charge on any atom is 0.123 e. The van der Waals surface area contributed by atoms with E-state index in [9.17, 15) is 5.11 Å². The molecule has 0 saturated heterocycles. The van der Waals surface area contributed by atoms with Crippen LogP contribution in [-0.4, -0.2) is 12.2 Å². The van der Waals surface area contributed by atoms with E-state index in [1.165, 1.54) is 6.07 Å². The first-order valence-electron chi connectivity index (χ1n) is 5.12. The Bertz CT molecular complexity index is 568. The fourth-order valence-electron chi connectivity index (χ4n) is 1.61. The molecule has 2 aromatic rings. The van der Waals surface area contributed by atoms with Gasteiger partial charge in [-0.2, -0.15) is 5.26 Å². The van der Waals surface area contributed by atoms with Crippen molar-refractivity contribution in [1.29, 1.82) is 5.26 Å². The minimum absolute atomic E-state index is 0.161. The van der Waals surface area contributed by atoms with Crippen LogP contribution in [0, 0.1) is 11.3 Å². The molecule has 3 heteroatoms. The van der Waals surface area contributed by atoms with Crippen molar-refractivity contribution in [2.24, 2.45) is 0 Å². The second kappa shape index (κ2) is 4.58. The van der Waals surface area contributed by atoms with Gasteiger partial charge < -0.3 is 9.84 Å². The number of benzene rings is 2. The number of aromatic hydroxyl groups is 1. The van der Waals surface area contributed by atoms with Crippen molar-refractivity contribution in [3.63, 3.8) is 0 Å². The fourth-order valence-corrected chi connectivity index (χ4v) is 1.61. The van der Waals surface area contributed by atoms with E-state index in [2.05, 4.69) is 6.07 Å². The Labute approximate surface area is 99.5 Å². The maximum absolute atomic E-state index is 9.77. The predicted octanol–water partition coefficient (Wildman–Crippen LogP) is 2.94. The molecule has 84 valence electrons. The van der Waals surface area contributed by atoms with Gasteiger partial charge in [0.05, 0.1) is 18.7 Å². The second-order valence-corrected chi connectivity index (χ2v) is 3.57. The van der Waals surface area contributed by atoms with Crippen LogP contribution in [0.1, 0.15) is 5.56 Å². The first kappa shape index (κ1) is 11.0. The minimum atomic E-state index is 0.161. The Morgan fingerprint density at radius 1 is 1.12 bits per heavy atom. The summed E-state index contributed by atoms with van der Waals surface area (Å²) in [6.45, 7) is 0. The Morgan fingerprint density at radius 3 is 2.41 bits per heavy atom. The monoisotopic (exact) mass is 225 g/mol. The number of phenolic OH excluding ortho intramolecular Hbond substituents is 1. The molecule has 0 aliphatic heterocycles. The van der Waals surface area contributed by atoms with Gasteiger partial charge in [-0.15, -0.1) is 0 Å². The zero-order chi connectivity index (χ0) is 12.3. The molecule has 0 heterocycles. The number of nitriles is 1. The van der Waals surface area contributed by atoms with Gasteiger partial charge in [0.1, 0.15) is 11.5 Å². The Hall–Kier alpha value is -2.47. The molecule has 0 spiro atoms. The standard InChI is InChI=1S/C14H11NO2/c1-17-12-5-3-11(4-6-12)13-8-10(9-15)2-7-14(13)16/h2-8,16H,1H3. The van der Waals surface area contributed by atoms with Gasteiger partial charge in [-0.25, -0.2) is 0 Å². The number of nitrogens with zero attached hydrogens (tertiary/aromatic N) is 1. The predicted molar refractivity (Wildman–Crippen MR) is 64.8 cm³/mol. The number of ether oxygens (including phenoxy) is 1. The summed E-state index contributed by atoms with van der Waals surface area (Å²) in [4.78, 5) is 0. The highest BCUT2D eigenvalue weighted by atomic mass is 16.5. The molecule has 2 rings (SSSR count). The summed E-state index contributed by atoms with van der Waals surface area (Å²) in [6, 6.07) is 14.1. The van der Waals surface area contributed by atoms with Crippen LogP contribution in [0.4, 0.5) is 0 Å². The number of methoxy groups -OCH3 is 1. The highest BCUT2D eigenvalue weighted by Crippen LogP contribution is 2.30. The summed E-state index contributed by atoms with van der Waals surface area (Å²) >= 11 is 0.